The maximum atomic E-state index is 13.7. The van der Waals surface area contributed by atoms with Crippen LogP contribution in [0.3, 0.4) is 0 Å². The fourth-order valence-corrected chi connectivity index (χ4v) is 2.47. The Hall–Kier alpha value is -1.87. The van der Waals surface area contributed by atoms with Gasteiger partial charge < -0.3 is 10.2 Å². The molecule has 0 saturated carbocycles. The van der Waals surface area contributed by atoms with E-state index in [4.69, 9.17) is 0 Å². The number of hydrogen-bond donors (Lipinski definition) is 1. The fraction of sp³-hybridized carbons (Fsp3) is 0.250. The number of benzene rings is 2. The van der Waals surface area contributed by atoms with Crippen LogP contribution in [0.2, 0.25) is 0 Å². The molecule has 2 aromatic carbocycles. The molecule has 0 radical (unpaired) electrons. The third kappa shape index (κ3) is 2.61. The van der Waals surface area contributed by atoms with E-state index in [1.165, 1.54) is 11.8 Å². The zero-order valence-corrected chi connectivity index (χ0v) is 10.8. The predicted molar refractivity (Wildman–Crippen MR) is 76.9 cm³/mol. The molecule has 19 heavy (non-hydrogen) atoms. The van der Waals surface area contributed by atoms with Crippen LogP contribution in [0.1, 0.15) is 0 Å². The normalized spacial score (nSPS) is 15.5. The highest BCUT2D eigenvalue weighted by Crippen LogP contribution is 2.25. The molecule has 1 aliphatic heterocycles. The van der Waals surface area contributed by atoms with Crippen LogP contribution in [0.4, 0.5) is 10.1 Å². The van der Waals surface area contributed by atoms with E-state index in [1.807, 2.05) is 24.3 Å². The molecule has 98 valence electrons. The number of nitrogens with zero attached hydrogens (tertiary/aromatic N) is 1. The molecule has 0 spiro atoms. The van der Waals surface area contributed by atoms with Gasteiger partial charge in [-0.25, -0.2) is 4.39 Å². The molecule has 0 atom stereocenters. The first-order chi connectivity index (χ1) is 9.34. The smallest absolute Gasteiger partial charge is 0.131 e. The van der Waals surface area contributed by atoms with E-state index in [9.17, 15) is 4.39 Å². The van der Waals surface area contributed by atoms with E-state index >= 15 is 0 Å². The summed E-state index contributed by atoms with van der Waals surface area (Å²) in [5.41, 5.74) is 2.80. The molecule has 1 N–H and O–H groups in total. The molecular weight excluding hydrogens is 239 g/mol. The number of hydrogen-bond acceptors (Lipinski definition) is 2. The van der Waals surface area contributed by atoms with Gasteiger partial charge in [-0.2, -0.15) is 0 Å². The molecule has 0 amide bonds. The number of rotatable bonds is 2. The van der Waals surface area contributed by atoms with Crippen LogP contribution in [0, 0.1) is 5.82 Å². The molecular formula is C16H17FN2. The highest BCUT2D eigenvalue weighted by molar-refractivity contribution is 5.66. The highest BCUT2D eigenvalue weighted by atomic mass is 19.1. The minimum Gasteiger partial charge on any atom is -0.369 e. The van der Waals surface area contributed by atoms with Crippen LogP contribution in [0.25, 0.3) is 11.1 Å². The molecule has 1 fully saturated rings. The molecule has 3 heteroatoms. The topological polar surface area (TPSA) is 15.3 Å². The molecule has 2 nitrogen and oxygen atoms in total. The number of halogens is 1. The quantitative estimate of drug-likeness (QED) is 0.888. The Morgan fingerprint density at radius 1 is 0.895 bits per heavy atom. The van der Waals surface area contributed by atoms with Gasteiger partial charge in [-0.3, -0.25) is 0 Å². The van der Waals surface area contributed by atoms with Crippen LogP contribution >= 0.6 is 0 Å². The first-order valence-corrected chi connectivity index (χ1v) is 6.65. The van der Waals surface area contributed by atoms with Gasteiger partial charge in [0.1, 0.15) is 5.82 Å². The van der Waals surface area contributed by atoms with Crippen LogP contribution in [0.15, 0.2) is 48.5 Å². The van der Waals surface area contributed by atoms with Gasteiger partial charge in [-0.15, -0.1) is 0 Å². The summed E-state index contributed by atoms with van der Waals surface area (Å²) in [6, 6.07) is 15.0. The second-order valence-corrected chi connectivity index (χ2v) is 4.76. The Bertz CT molecular complexity index is 545. The third-order valence-electron chi connectivity index (χ3n) is 3.53. The summed E-state index contributed by atoms with van der Waals surface area (Å²) in [7, 11) is 0. The van der Waals surface area contributed by atoms with E-state index in [0.717, 1.165) is 31.7 Å². The van der Waals surface area contributed by atoms with Crippen LogP contribution < -0.4 is 10.2 Å². The van der Waals surface area contributed by atoms with Crippen molar-refractivity contribution in [2.75, 3.05) is 31.1 Å². The molecule has 0 bridgehead atoms. The Kier molecular flexibility index (Phi) is 3.47. The van der Waals surface area contributed by atoms with Crippen LogP contribution in [-0.2, 0) is 0 Å². The third-order valence-corrected chi connectivity index (χ3v) is 3.53. The van der Waals surface area contributed by atoms with E-state index in [0.29, 0.717) is 5.56 Å². The van der Waals surface area contributed by atoms with Gasteiger partial charge in [0.25, 0.3) is 0 Å². The van der Waals surface area contributed by atoms with Crippen molar-refractivity contribution >= 4 is 5.69 Å². The van der Waals surface area contributed by atoms with Gasteiger partial charge in [0.05, 0.1) is 0 Å². The van der Waals surface area contributed by atoms with Crippen LogP contribution in [-0.4, -0.2) is 26.2 Å². The van der Waals surface area contributed by atoms with E-state index < -0.39 is 0 Å². The summed E-state index contributed by atoms with van der Waals surface area (Å²) >= 11 is 0. The summed E-state index contributed by atoms with van der Waals surface area (Å²) in [5.74, 6) is -0.169. The van der Waals surface area contributed by atoms with Gasteiger partial charge in [0, 0.05) is 37.4 Å². The van der Waals surface area contributed by atoms with Crippen molar-refractivity contribution in [3.05, 3.63) is 54.3 Å². The second-order valence-electron chi connectivity index (χ2n) is 4.76. The second kappa shape index (κ2) is 5.41. The lowest BCUT2D eigenvalue weighted by atomic mass is 10.0. The first-order valence-electron chi connectivity index (χ1n) is 6.65. The molecule has 1 saturated heterocycles. The van der Waals surface area contributed by atoms with Crippen molar-refractivity contribution in [2.45, 2.75) is 0 Å². The Labute approximate surface area is 112 Å². The number of anilines is 1. The van der Waals surface area contributed by atoms with Gasteiger partial charge in [-0.1, -0.05) is 30.3 Å². The average Bonchev–Trinajstić information content (AvgIpc) is 2.49. The van der Waals surface area contributed by atoms with Gasteiger partial charge >= 0.3 is 0 Å². The largest absolute Gasteiger partial charge is 0.369 e. The number of piperazine rings is 1. The molecule has 1 heterocycles. The van der Waals surface area contributed by atoms with Crippen molar-refractivity contribution in [3.63, 3.8) is 0 Å². The zero-order chi connectivity index (χ0) is 13.1. The summed E-state index contributed by atoms with van der Waals surface area (Å²) in [5, 5.41) is 3.34. The minimum atomic E-state index is -0.169. The van der Waals surface area contributed by atoms with E-state index in [1.54, 1.807) is 6.07 Å². The van der Waals surface area contributed by atoms with Crippen molar-refractivity contribution < 1.29 is 4.39 Å². The summed E-state index contributed by atoms with van der Waals surface area (Å²) < 4.78 is 13.7. The SMILES string of the molecule is Fc1ccccc1-c1ccc(N2CCNCC2)cc1. The summed E-state index contributed by atoms with van der Waals surface area (Å²) in [4.78, 5) is 2.35. The van der Waals surface area contributed by atoms with Gasteiger partial charge in [0.2, 0.25) is 0 Å². The van der Waals surface area contributed by atoms with Crippen molar-refractivity contribution in [2.24, 2.45) is 0 Å². The lowest BCUT2D eigenvalue weighted by molar-refractivity contribution is 0.589. The maximum absolute atomic E-state index is 13.7. The van der Waals surface area contributed by atoms with Crippen LogP contribution in [0.5, 0.6) is 0 Å². The predicted octanol–water partition coefficient (Wildman–Crippen LogP) is 2.90. The molecule has 3 rings (SSSR count). The summed E-state index contributed by atoms with van der Waals surface area (Å²) in [6.45, 7) is 4.10. The Morgan fingerprint density at radius 2 is 1.58 bits per heavy atom. The minimum absolute atomic E-state index is 0.169. The van der Waals surface area contributed by atoms with E-state index in [-0.39, 0.29) is 5.82 Å². The molecule has 2 aromatic rings. The molecule has 0 aliphatic carbocycles. The lowest BCUT2D eigenvalue weighted by Gasteiger charge is -2.29. The Morgan fingerprint density at radius 3 is 2.26 bits per heavy atom. The van der Waals surface area contributed by atoms with Crippen molar-refractivity contribution in [1.29, 1.82) is 0 Å². The number of nitrogens with one attached hydrogen (secondary N) is 1. The lowest BCUT2D eigenvalue weighted by Crippen LogP contribution is -2.43. The molecule has 0 unspecified atom stereocenters. The average molecular weight is 256 g/mol. The van der Waals surface area contributed by atoms with Gasteiger partial charge in [0.15, 0.2) is 0 Å². The maximum Gasteiger partial charge on any atom is 0.131 e. The Balaban J connectivity index is 1.84. The standard InChI is InChI=1S/C16H17FN2/c17-16-4-2-1-3-15(16)13-5-7-14(8-6-13)19-11-9-18-10-12-19/h1-8,18H,9-12H2. The summed E-state index contributed by atoms with van der Waals surface area (Å²) in [6.07, 6.45) is 0. The van der Waals surface area contributed by atoms with Gasteiger partial charge in [-0.05, 0) is 23.8 Å². The van der Waals surface area contributed by atoms with E-state index in [2.05, 4.69) is 22.3 Å². The fourth-order valence-electron chi connectivity index (χ4n) is 2.47. The molecule has 1 aliphatic rings. The first kappa shape index (κ1) is 12.2. The monoisotopic (exact) mass is 256 g/mol. The zero-order valence-electron chi connectivity index (χ0n) is 10.8. The van der Waals surface area contributed by atoms with Crippen molar-refractivity contribution in [3.8, 4) is 11.1 Å². The van der Waals surface area contributed by atoms with Crippen molar-refractivity contribution in [1.82, 2.24) is 5.32 Å². The molecule has 0 aromatic heterocycles. The highest BCUT2D eigenvalue weighted by Gasteiger charge is 2.10.